The van der Waals surface area contributed by atoms with Crippen molar-refractivity contribution in [1.82, 2.24) is 14.7 Å². The van der Waals surface area contributed by atoms with Crippen LogP contribution in [0.25, 0.3) is 10.8 Å². The van der Waals surface area contributed by atoms with Crippen LogP contribution in [0.2, 0.25) is 0 Å². The molecule has 5 nitrogen and oxygen atoms in total. The maximum Gasteiger partial charge on any atom is 0.275 e. The lowest BCUT2D eigenvalue weighted by atomic mass is 10.0. The molecule has 0 fully saturated rings. The average Bonchev–Trinajstić information content (AvgIpc) is 3.07. The molecule has 3 aromatic rings. The van der Waals surface area contributed by atoms with E-state index in [9.17, 15) is 9.59 Å². The van der Waals surface area contributed by atoms with Gasteiger partial charge in [0.2, 0.25) is 0 Å². The molecule has 3 heterocycles. The number of hydrogen-bond donors (Lipinski definition) is 0. The Morgan fingerprint density at radius 2 is 2.00 bits per heavy atom. The fourth-order valence-corrected chi connectivity index (χ4v) is 4.34. The molecule has 0 spiro atoms. The van der Waals surface area contributed by atoms with Crippen LogP contribution >= 0.6 is 11.3 Å². The minimum Gasteiger partial charge on any atom is -0.330 e. The van der Waals surface area contributed by atoms with Crippen molar-refractivity contribution in [1.29, 1.82) is 0 Å². The van der Waals surface area contributed by atoms with Crippen molar-refractivity contribution in [2.24, 2.45) is 7.05 Å². The van der Waals surface area contributed by atoms with E-state index in [1.165, 1.54) is 15.1 Å². The summed E-state index contributed by atoms with van der Waals surface area (Å²) in [7, 11) is 1.59. The third-order valence-electron chi connectivity index (χ3n) is 4.70. The van der Waals surface area contributed by atoms with E-state index in [0.717, 1.165) is 6.42 Å². The number of aryl methyl sites for hydroxylation is 1. The van der Waals surface area contributed by atoms with E-state index in [1.807, 2.05) is 17.9 Å². The fourth-order valence-electron chi connectivity index (χ4n) is 3.38. The SMILES string of the molecule is CC1c2ccsc2CCN1C(=O)c1nn(C)c(=O)c2ccccc12. The van der Waals surface area contributed by atoms with E-state index in [2.05, 4.69) is 16.5 Å². The third kappa shape index (κ3) is 2.17. The summed E-state index contributed by atoms with van der Waals surface area (Å²) in [6, 6.07) is 9.28. The van der Waals surface area contributed by atoms with Crippen LogP contribution in [0.4, 0.5) is 0 Å². The van der Waals surface area contributed by atoms with E-state index < -0.39 is 0 Å². The van der Waals surface area contributed by atoms with E-state index in [-0.39, 0.29) is 17.5 Å². The summed E-state index contributed by atoms with van der Waals surface area (Å²) < 4.78 is 1.25. The highest BCUT2D eigenvalue weighted by Crippen LogP contribution is 2.33. The first kappa shape index (κ1) is 15.1. The number of nitrogens with zero attached hydrogens (tertiary/aromatic N) is 3. The molecule has 0 N–H and O–H groups in total. The number of hydrogen-bond acceptors (Lipinski definition) is 4. The summed E-state index contributed by atoms with van der Waals surface area (Å²) in [6.45, 7) is 2.72. The van der Waals surface area contributed by atoms with Gasteiger partial charge in [-0.15, -0.1) is 11.3 Å². The molecule has 0 saturated heterocycles. The second-order valence-corrected chi connectivity index (χ2v) is 7.05. The Morgan fingerprint density at radius 3 is 2.79 bits per heavy atom. The molecule has 0 saturated carbocycles. The van der Waals surface area contributed by atoms with E-state index in [4.69, 9.17) is 0 Å². The molecular weight excluding hydrogens is 322 g/mol. The van der Waals surface area contributed by atoms with Gasteiger partial charge in [-0.25, -0.2) is 4.68 Å². The maximum atomic E-state index is 13.2. The van der Waals surface area contributed by atoms with Crippen molar-refractivity contribution in [3.8, 4) is 0 Å². The van der Waals surface area contributed by atoms with Crippen LogP contribution in [0, 0.1) is 0 Å². The Morgan fingerprint density at radius 1 is 1.25 bits per heavy atom. The first-order valence-corrected chi connectivity index (χ1v) is 8.79. The molecule has 1 aliphatic rings. The Hall–Kier alpha value is -2.47. The fraction of sp³-hybridized carbons (Fsp3) is 0.278. The molecule has 1 aliphatic heterocycles. The maximum absolute atomic E-state index is 13.2. The normalized spacial score (nSPS) is 17.1. The van der Waals surface area contributed by atoms with Gasteiger partial charge in [0.25, 0.3) is 11.5 Å². The van der Waals surface area contributed by atoms with Gasteiger partial charge in [-0.3, -0.25) is 9.59 Å². The minimum absolute atomic E-state index is 0.0188. The van der Waals surface area contributed by atoms with Gasteiger partial charge in [0.05, 0.1) is 11.4 Å². The molecule has 0 bridgehead atoms. The van der Waals surface area contributed by atoms with E-state index in [0.29, 0.717) is 23.0 Å². The smallest absolute Gasteiger partial charge is 0.275 e. The second kappa shape index (κ2) is 5.56. The number of aromatic nitrogens is 2. The molecule has 1 atom stereocenters. The highest BCUT2D eigenvalue weighted by atomic mass is 32.1. The van der Waals surface area contributed by atoms with Crippen LogP contribution in [-0.4, -0.2) is 27.1 Å². The second-order valence-electron chi connectivity index (χ2n) is 6.05. The summed E-state index contributed by atoms with van der Waals surface area (Å²) in [5.41, 5.74) is 1.38. The first-order valence-electron chi connectivity index (χ1n) is 7.91. The molecule has 0 aliphatic carbocycles. The minimum atomic E-state index is -0.186. The zero-order valence-electron chi connectivity index (χ0n) is 13.5. The molecule has 1 unspecified atom stereocenters. The van der Waals surface area contributed by atoms with Gasteiger partial charge in [0.15, 0.2) is 5.69 Å². The molecule has 122 valence electrons. The van der Waals surface area contributed by atoms with Crippen molar-refractivity contribution in [3.63, 3.8) is 0 Å². The zero-order chi connectivity index (χ0) is 16.8. The van der Waals surface area contributed by atoms with Crippen molar-refractivity contribution in [2.75, 3.05) is 6.54 Å². The average molecular weight is 339 g/mol. The predicted octanol–water partition coefficient (Wildman–Crippen LogP) is 2.75. The highest BCUT2D eigenvalue weighted by molar-refractivity contribution is 7.10. The lowest BCUT2D eigenvalue weighted by Crippen LogP contribution is -2.39. The summed E-state index contributed by atoms with van der Waals surface area (Å²) >= 11 is 1.75. The zero-order valence-corrected chi connectivity index (χ0v) is 14.3. The molecule has 1 aromatic carbocycles. The van der Waals surface area contributed by atoms with Gasteiger partial charge in [0, 0.05) is 23.9 Å². The van der Waals surface area contributed by atoms with Crippen LogP contribution in [0.5, 0.6) is 0 Å². The summed E-state index contributed by atoms with van der Waals surface area (Å²) in [6.07, 6.45) is 0.868. The van der Waals surface area contributed by atoms with Gasteiger partial charge in [-0.2, -0.15) is 5.10 Å². The molecule has 0 radical (unpaired) electrons. The van der Waals surface area contributed by atoms with Crippen molar-refractivity contribution in [2.45, 2.75) is 19.4 Å². The predicted molar refractivity (Wildman–Crippen MR) is 94.5 cm³/mol. The van der Waals surface area contributed by atoms with Crippen LogP contribution in [0.15, 0.2) is 40.5 Å². The lowest BCUT2D eigenvalue weighted by molar-refractivity contribution is 0.0673. The highest BCUT2D eigenvalue weighted by Gasteiger charge is 2.31. The van der Waals surface area contributed by atoms with Crippen LogP contribution in [-0.2, 0) is 13.5 Å². The monoisotopic (exact) mass is 339 g/mol. The summed E-state index contributed by atoms with van der Waals surface area (Å²) in [5.74, 6) is -0.119. The number of thiophene rings is 1. The largest absolute Gasteiger partial charge is 0.330 e. The molecule has 2 aromatic heterocycles. The lowest BCUT2D eigenvalue weighted by Gasteiger charge is -2.33. The van der Waals surface area contributed by atoms with Crippen molar-refractivity contribution in [3.05, 3.63) is 62.2 Å². The quantitative estimate of drug-likeness (QED) is 0.685. The van der Waals surface area contributed by atoms with Gasteiger partial charge in [-0.05, 0) is 36.4 Å². The van der Waals surface area contributed by atoms with Crippen LogP contribution in [0.3, 0.4) is 0 Å². The number of benzene rings is 1. The van der Waals surface area contributed by atoms with Crippen LogP contribution < -0.4 is 5.56 Å². The van der Waals surface area contributed by atoms with E-state index in [1.54, 1.807) is 36.6 Å². The van der Waals surface area contributed by atoms with Crippen LogP contribution in [0.1, 0.15) is 33.9 Å². The van der Waals surface area contributed by atoms with Gasteiger partial charge in [-0.1, -0.05) is 18.2 Å². The number of carbonyl (C=O) groups excluding carboxylic acids is 1. The molecule has 6 heteroatoms. The standard InChI is InChI=1S/C18H17N3O2S/c1-11-12-8-10-24-15(12)7-9-21(11)18(23)16-13-5-3-4-6-14(13)17(22)20(2)19-16/h3-6,8,10-11H,7,9H2,1-2H3. The summed E-state index contributed by atoms with van der Waals surface area (Å²) in [5, 5.41) is 7.49. The third-order valence-corrected chi connectivity index (χ3v) is 5.69. The summed E-state index contributed by atoms with van der Waals surface area (Å²) in [4.78, 5) is 28.6. The molecule has 1 amide bonds. The van der Waals surface area contributed by atoms with Gasteiger partial charge >= 0.3 is 0 Å². The topological polar surface area (TPSA) is 55.2 Å². The van der Waals surface area contributed by atoms with Crippen molar-refractivity contribution < 1.29 is 4.79 Å². The number of fused-ring (bicyclic) bond motifs is 2. The Kier molecular flexibility index (Phi) is 3.49. The van der Waals surface area contributed by atoms with Gasteiger partial charge < -0.3 is 4.90 Å². The van der Waals surface area contributed by atoms with Gasteiger partial charge in [0.1, 0.15) is 0 Å². The number of carbonyl (C=O) groups is 1. The number of rotatable bonds is 1. The Labute approximate surface area is 143 Å². The molecule has 4 rings (SSSR count). The Bertz CT molecular complexity index is 1000. The Balaban J connectivity index is 1.83. The van der Waals surface area contributed by atoms with E-state index >= 15 is 0 Å². The van der Waals surface area contributed by atoms with Crippen molar-refractivity contribution >= 4 is 28.0 Å². The molecule has 24 heavy (non-hydrogen) atoms. The molecular formula is C18H17N3O2S. The first-order chi connectivity index (χ1) is 11.6. The number of amides is 1.